The molecule has 1 heterocycles. The molecule has 110 valence electrons. The monoisotopic (exact) mass is 285 g/mol. The van der Waals surface area contributed by atoms with Crippen LogP contribution < -0.4 is 10.2 Å². The Balaban J connectivity index is 1.75. The lowest BCUT2D eigenvalue weighted by Crippen LogP contribution is -2.17. The molecule has 1 fully saturated rings. The van der Waals surface area contributed by atoms with Gasteiger partial charge in [-0.15, -0.1) is 0 Å². The summed E-state index contributed by atoms with van der Waals surface area (Å²) in [5, 5.41) is 3.51. The van der Waals surface area contributed by atoms with Gasteiger partial charge in [-0.05, 0) is 55.7 Å². The fourth-order valence-electron chi connectivity index (χ4n) is 2.29. The molecule has 0 saturated heterocycles. The van der Waals surface area contributed by atoms with Crippen molar-refractivity contribution in [2.75, 3.05) is 11.9 Å². The Morgan fingerprint density at radius 2 is 1.90 bits per heavy atom. The number of hydrogen-bond donors (Lipinski definition) is 1. The molecule has 3 rings (SSSR count). The second-order valence-electron chi connectivity index (χ2n) is 5.60. The van der Waals surface area contributed by atoms with Gasteiger partial charge >= 0.3 is 0 Å². The molecular formula is C17H20FN3. The standard InChI is InChI=1S/C17H20FN3/c1-12-13(11-19-15-6-7-15)3-10-17(20-12)21(2)16-8-4-14(18)5-9-16/h3-5,8-10,15,19H,6-7,11H2,1-2H3. The van der Waals surface area contributed by atoms with Gasteiger partial charge in [0.15, 0.2) is 0 Å². The van der Waals surface area contributed by atoms with E-state index in [2.05, 4.69) is 16.4 Å². The molecule has 1 aromatic carbocycles. The first-order chi connectivity index (χ1) is 10.1. The van der Waals surface area contributed by atoms with Crippen molar-refractivity contribution >= 4 is 11.5 Å². The van der Waals surface area contributed by atoms with Crippen molar-refractivity contribution in [2.24, 2.45) is 0 Å². The smallest absolute Gasteiger partial charge is 0.132 e. The summed E-state index contributed by atoms with van der Waals surface area (Å²) >= 11 is 0. The van der Waals surface area contributed by atoms with Gasteiger partial charge in [-0.2, -0.15) is 0 Å². The summed E-state index contributed by atoms with van der Waals surface area (Å²) in [6.07, 6.45) is 2.58. The number of nitrogens with zero attached hydrogens (tertiary/aromatic N) is 2. The van der Waals surface area contributed by atoms with Crippen molar-refractivity contribution in [3.63, 3.8) is 0 Å². The maximum Gasteiger partial charge on any atom is 0.132 e. The predicted octanol–water partition coefficient (Wildman–Crippen LogP) is 3.55. The van der Waals surface area contributed by atoms with E-state index in [0.717, 1.165) is 23.7 Å². The SMILES string of the molecule is Cc1nc(N(C)c2ccc(F)cc2)ccc1CNC1CC1. The van der Waals surface area contributed by atoms with Crippen LogP contribution in [0.2, 0.25) is 0 Å². The van der Waals surface area contributed by atoms with Crippen molar-refractivity contribution in [1.82, 2.24) is 10.3 Å². The minimum Gasteiger partial charge on any atom is -0.329 e. The summed E-state index contributed by atoms with van der Waals surface area (Å²) in [4.78, 5) is 6.63. The first-order valence-electron chi connectivity index (χ1n) is 7.32. The van der Waals surface area contributed by atoms with Crippen LogP contribution in [0.5, 0.6) is 0 Å². The molecule has 0 bridgehead atoms. The van der Waals surface area contributed by atoms with Gasteiger partial charge in [-0.25, -0.2) is 9.37 Å². The summed E-state index contributed by atoms with van der Waals surface area (Å²) in [6, 6.07) is 11.3. The molecular weight excluding hydrogens is 265 g/mol. The van der Waals surface area contributed by atoms with Crippen LogP contribution >= 0.6 is 0 Å². The molecule has 1 N–H and O–H groups in total. The normalized spacial score (nSPS) is 14.2. The van der Waals surface area contributed by atoms with Crippen LogP contribution in [0.15, 0.2) is 36.4 Å². The molecule has 1 aliphatic carbocycles. The summed E-state index contributed by atoms with van der Waals surface area (Å²) in [5.74, 6) is 0.645. The van der Waals surface area contributed by atoms with Crippen LogP contribution in [0.25, 0.3) is 0 Å². The quantitative estimate of drug-likeness (QED) is 0.910. The molecule has 0 atom stereocenters. The maximum atomic E-state index is 13.0. The number of pyridine rings is 1. The lowest BCUT2D eigenvalue weighted by Gasteiger charge is -2.19. The van der Waals surface area contributed by atoms with Crippen LogP contribution in [0, 0.1) is 12.7 Å². The number of anilines is 2. The lowest BCUT2D eigenvalue weighted by atomic mass is 10.2. The zero-order valence-corrected chi connectivity index (χ0v) is 12.4. The first kappa shape index (κ1) is 14.0. The average Bonchev–Trinajstić information content (AvgIpc) is 3.30. The number of aromatic nitrogens is 1. The van der Waals surface area contributed by atoms with Gasteiger partial charge in [0.1, 0.15) is 11.6 Å². The summed E-state index contributed by atoms with van der Waals surface area (Å²) in [7, 11) is 1.94. The maximum absolute atomic E-state index is 13.0. The Morgan fingerprint density at radius 3 is 2.52 bits per heavy atom. The van der Waals surface area contributed by atoms with Crippen LogP contribution in [0.4, 0.5) is 15.9 Å². The molecule has 1 aromatic heterocycles. The Labute approximate surface area is 124 Å². The Hall–Kier alpha value is -1.94. The third-order valence-electron chi connectivity index (χ3n) is 3.90. The van der Waals surface area contributed by atoms with Crippen molar-refractivity contribution < 1.29 is 4.39 Å². The van der Waals surface area contributed by atoms with Gasteiger partial charge in [0, 0.05) is 31.0 Å². The number of hydrogen-bond acceptors (Lipinski definition) is 3. The van der Waals surface area contributed by atoms with Crippen molar-refractivity contribution in [3.8, 4) is 0 Å². The minimum absolute atomic E-state index is 0.224. The van der Waals surface area contributed by atoms with Gasteiger partial charge in [-0.1, -0.05) is 6.07 Å². The molecule has 21 heavy (non-hydrogen) atoms. The number of nitrogens with one attached hydrogen (secondary N) is 1. The highest BCUT2D eigenvalue weighted by Gasteiger charge is 2.20. The second-order valence-corrected chi connectivity index (χ2v) is 5.60. The Kier molecular flexibility index (Phi) is 3.88. The van der Waals surface area contributed by atoms with Gasteiger partial charge < -0.3 is 10.2 Å². The number of rotatable bonds is 5. The molecule has 0 amide bonds. The number of benzene rings is 1. The molecule has 1 aliphatic rings. The third-order valence-corrected chi connectivity index (χ3v) is 3.90. The van der Waals surface area contributed by atoms with E-state index in [1.807, 2.05) is 24.9 Å². The predicted molar refractivity (Wildman–Crippen MR) is 83.3 cm³/mol. The molecule has 2 aromatic rings. The molecule has 1 saturated carbocycles. The molecule has 0 aliphatic heterocycles. The molecule has 0 radical (unpaired) electrons. The fourth-order valence-corrected chi connectivity index (χ4v) is 2.29. The van der Waals surface area contributed by atoms with E-state index in [4.69, 9.17) is 0 Å². The van der Waals surface area contributed by atoms with E-state index >= 15 is 0 Å². The van der Waals surface area contributed by atoms with E-state index in [9.17, 15) is 4.39 Å². The molecule has 3 nitrogen and oxygen atoms in total. The van der Waals surface area contributed by atoms with Gasteiger partial charge in [0.05, 0.1) is 0 Å². The topological polar surface area (TPSA) is 28.2 Å². The average molecular weight is 285 g/mol. The van der Waals surface area contributed by atoms with E-state index in [1.54, 1.807) is 12.1 Å². The van der Waals surface area contributed by atoms with Gasteiger partial charge in [0.25, 0.3) is 0 Å². The van der Waals surface area contributed by atoms with Crippen molar-refractivity contribution in [2.45, 2.75) is 32.4 Å². The summed E-state index contributed by atoms with van der Waals surface area (Å²) in [6.45, 7) is 2.91. The highest BCUT2D eigenvalue weighted by Crippen LogP contribution is 2.24. The van der Waals surface area contributed by atoms with Crippen molar-refractivity contribution in [1.29, 1.82) is 0 Å². The second kappa shape index (κ2) is 5.82. The molecule has 4 heteroatoms. The van der Waals surface area contributed by atoms with Gasteiger partial charge in [-0.3, -0.25) is 0 Å². The zero-order valence-electron chi connectivity index (χ0n) is 12.4. The first-order valence-corrected chi connectivity index (χ1v) is 7.32. The van der Waals surface area contributed by atoms with Crippen LogP contribution in [0.3, 0.4) is 0 Å². The Morgan fingerprint density at radius 1 is 1.19 bits per heavy atom. The molecule has 0 spiro atoms. The third kappa shape index (κ3) is 3.39. The molecule has 0 unspecified atom stereocenters. The van der Waals surface area contributed by atoms with E-state index in [-0.39, 0.29) is 5.82 Å². The minimum atomic E-state index is -0.224. The van der Waals surface area contributed by atoms with Crippen molar-refractivity contribution in [3.05, 3.63) is 53.5 Å². The van der Waals surface area contributed by atoms with E-state index in [0.29, 0.717) is 6.04 Å². The summed E-state index contributed by atoms with van der Waals surface area (Å²) < 4.78 is 13.0. The lowest BCUT2D eigenvalue weighted by molar-refractivity contribution is 0.628. The van der Waals surface area contributed by atoms with Crippen LogP contribution in [-0.4, -0.2) is 18.1 Å². The van der Waals surface area contributed by atoms with E-state index in [1.165, 1.54) is 30.5 Å². The fraction of sp³-hybridized carbons (Fsp3) is 0.353. The number of aryl methyl sites for hydroxylation is 1. The van der Waals surface area contributed by atoms with Gasteiger partial charge in [0.2, 0.25) is 0 Å². The van der Waals surface area contributed by atoms with Crippen LogP contribution in [0.1, 0.15) is 24.1 Å². The van der Waals surface area contributed by atoms with Crippen LogP contribution in [-0.2, 0) is 6.54 Å². The van der Waals surface area contributed by atoms with E-state index < -0.39 is 0 Å². The number of halogens is 1. The zero-order chi connectivity index (χ0) is 14.8. The largest absolute Gasteiger partial charge is 0.329 e. The summed E-state index contributed by atoms with van der Waals surface area (Å²) in [5.41, 5.74) is 3.19. The Bertz CT molecular complexity index is 620. The highest BCUT2D eigenvalue weighted by atomic mass is 19.1. The highest BCUT2D eigenvalue weighted by molar-refractivity contribution is 5.59.